The zero-order valence-electron chi connectivity index (χ0n) is 18.7. The minimum absolute atomic E-state index is 0.000326. The Morgan fingerprint density at radius 1 is 1.40 bits per heavy atom. The van der Waals surface area contributed by atoms with Crippen molar-refractivity contribution in [3.05, 3.63) is 57.4 Å². The van der Waals surface area contributed by atoms with Crippen molar-refractivity contribution in [2.75, 3.05) is 13.1 Å². The highest BCUT2D eigenvalue weighted by Crippen LogP contribution is 2.39. The van der Waals surface area contributed by atoms with E-state index in [9.17, 15) is 13.2 Å². The molecule has 3 heterocycles. The summed E-state index contributed by atoms with van der Waals surface area (Å²) in [6, 6.07) is 6.17. The highest BCUT2D eigenvalue weighted by molar-refractivity contribution is 8.18. The van der Waals surface area contributed by atoms with Gasteiger partial charge in [0.2, 0.25) is 0 Å². The monoisotopic (exact) mass is 510 g/mol. The van der Waals surface area contributed by atoms with Gasteiger partial charge in [-0.15, -0.1) is 0 Å². The molecule has 1 aromatic carbocycles. The number of H-pyrrole nitrogens is 1. The Labute approximate surface area is 202 Å². The van der Waals surface area contributed by atoms with Crippen LogP contribution >= 0.6 is 11.8 Å². The lowest BCUT2D eigenvalue weighted by atomic mass is 9.98. The van der Waals surface area contributed by atoms with E-state index >= 15 is 8.78 Å². The van der Waals surface area contributed by atoms with Crippen LogP contribution in [-0.4, -0.2) is 46.2 Å². The molecule has 1 atom stereocenters. The van der Waals surface area contributed by atoms with Crippen molar-refractivity contribution in [2.45, 2.75) is 44.5 Å². The van der Waals surface area contributed by atoms with Gasteiger partial charge >= 0.3 is 6.18 Å². The molecule has 5 N–H and O–H groups in total. The first-order valence-corrected chi connectivity index (χ1v) is 11.6. The number of thioether (sulfide) groups is 1. The lowest BCUT2D eigenvalue weighted by Gasteiger charge is -2.39. The van der Waals surface area contributed by atoms with Gasteiger partial charge < -0.3 is 16.0 Å². The number of allylic oxidation sites excluding steroid dienone is 2. The summed E-state index contributed by atoms with van der Waals surface area (Å²) in [6.45, 7) is 2.02. The van der Waals surface area contributed by atoms with Gasteiger partial charge in [-0.1, -0.05) is 17.8 Å². The second-order valence-electron chi connectivity index (χ2n) is 8.72. The van der Waals surface area contributed by atoms with Gasteiger partial charge in [-0.3, -0.25) is 10.3 Å². The number of likely N-dealkylation sites (tertiary alicyclic amines) is 1. The van der Waals surface area contributed by atoms with Crippen LogP contribution in [0.15, 0.2) is 40.6 Å². The molecular weight excluding hydrogens is 487 g/mol. The van der Waals surface area contributed by atoms with Crippen LogP contribution in [0.2, 0.25) is 0 Å². The predicted octanol–water partition coefficient (Wildman–Crippen LogP) is 4.88. The van der Waals surface area contributed by atoms with E-state index in [-0.39, 0.29) is 27.8 Å². The molecule has 2 aromatic rings. The molecule has 0 radical (unpaired) electrons. The molecule has 1 aromatic heterocycles. The molecular formula is C23H23F5N6S. The van der Waals surface area contributed by atoms with Crippen molar-refractivity contribution in [3.63, 3.8) is 0 Å². The number of aromatic amines is 1. The Bertz CT molecular complexity index is 1270. The standard InChI is InChI=1S/C23H23F5N6S/c1-12-13(2-3-18-16(12)6-14(9-29)32-18)10-34-5-4-19(22(24,25)11-34)33-20(30)17-7-15(35-21(17)31)8-23(26,27)28/h2-3,6-7,19,31-33H,4-5,8,10-11,30H2,1H3/b20-17+,31-21?. The van der Waals surface area contributed by atoms with Gasteiger partial charge in [0.25, 0.3) is 5.92 Å². The minimum Gasteiger partial charge on any atom is -0.385 e. The number of nitrogens with one attached hydrogen (secondary N) is 3. The number of nitrogens with two attached hydrogens (primary N) is 1. The summed E-state index contributed by atoms with van der Waals surface area (Å²) in [5, 5.41) is 20.2. The first-order chi connectivity index (χ1) is 16.4. The molecule has 186 valence electrons. The Balaban J connectivity index is 1.44. The second-order valence-corrected chi connectivity index (χ2v) is 9.86. The van der Waals surface area contributed by atoms with Crippen molar-refractivity contribution in [1.29, 1.82) is 10.7 Å². The molecule has 1 saturated heterocycles. The quantitative estimate of drug-likeness (QED) is 0.430. The number of hydrogen-bond acceptors (Lipinski definition) is 6. The van der Waals surface area contributed by atoms with Gasteiger partial charge in [-0.05, 0) is 42.7 Å². The van der Waals surface area contributed by atoms with E-state index in [1.54, 1.807) is 11.0 Å². The molecule has 2 aliphatic heterocycles. The third-order valence-electron chi connectivity index (χ3n) is 6.16. The molecule has 6 nitrogen and oxygen atoms in total. The Kier molecular flexibility index (Phi) is 6.59. The van der Waals surface area contributed by atoms with Crippen LogP contribution in [0.25, 0.3) is 10.9 Å². The maximum atomic E-state index is 15.0. The third-order valence-corrected chi connectivity index (χ3v) is 7.10. The van der Waals surface area contributed by atoms with Gasteiger partial charge in [-0.2, -0.15) is 18.4 Å². The van der Waals surface area contributed by atoms with Crippen LogP contribution in [0.3, 0.4) is 0 Å². The fourth-order valence-corrected chi connectivity index (χ4v) is 5.34. The van der Waals surface area contributed by atoms with E-state index in [4.69, 9.17) is 16.4 Å². The highest BCUT2D eigenvalue weighted by atomic mass is 32.2. The molecule has 12 heteroatoms. The van der Waals surface area contributed by atoms with Crippen molar-refractivity contribution in [2.24, 2.45) is 5.73 Å². The van der Waals surface area contributed by atoms with Gasteiger partial charge in [0, 0.05) is 34.5 Å². The van der Waals surface area contributed by atoms with E-state index in [0.717, 1.165) is 28.1 Å². The van der Waals surface area contributed by atoms with Crippen LogP contribution in [0.5, 0.6) is 0 Å². The Morgan fingerprint density at radius 2 is 2.14 bits per heavy atom. The number of benzene rings is 1. The number of nitrogens with zero attached hydrogens (tertiary/aromatic N) is 2. The highest BCUT2D eigenvalue weighted by Gasteiger charge is 2.45. The van der Waals surface area contributed by atoms with E-state index in [2.05, 4.69) is 16.4 Å². The molecule has 0 spiro atoms. The van der Waals surface area contributed by atoms with Crippen LogP contribution < -0.4 is 11.1 Å². The molecule has 4 rings (SSSR count). The van der Waals surface area contributed by atoms with Crippen molar-refractivity contribution in [3.8, 4) is 6.07 Å². The molecule has 0 amide bonds. The zero-order valence-corrected chi connectivity index (χ0v) is 19.5. The summed E-state index contributed by atoms with van der Waals surface area (Å²) in [5.41, 5.74) is 8.94. The van der Waals surface area contributed by atoms with Crippen LogP contribution in [0.4, 0.5) is 22.0 Å². The topological polar surface area (TPSA) is 105 Å². The Morgan fingerprint density at radius 3 is 2.80 bits per heavy atom. The van der Waals surface area contributed by atoms with Crippen molar-refractivity contribution < 1.29 is 22.0 Å². The number of aryl methyl sites for hydroxylation is 1. The van der Waals surface area contributed by atoms with Gasteiger partial charge in [0.05, 0.1) is 19.0 Å². The maximum absolute atomic E-state index is 15.0. The first-order valence-electron chi connectivity index (χ1n) is 10.8. The number of halogens is 5. The molecule has 0 saturated carbocycles. The molecule has 1 unspecified atom stereocenters. The van der Waals surface area contributed by atoms with Crippen LogP contribution in [-0.2, 0) is 6.54 Å². The number of fused-ring (bicyclic) bond motifs is 1. The first kappa shape index (κ1) is 25.1. The number of nitriles is 1. The van der Waals surface area contributed by atoms with E-state index < -0.39 is 31.1 Å². The Hall–Kier alpha value is -3.04. The maximum Gasteiger partial charge on any atom is 0.393 e. The largest absolute Gasteiger partial charge is 0.393 e. The summed E-state index contributed by atoms with van der Waals surface area (Å²) in [4.78, 5) is 4.54. The average molecular weight is 511 g/mol. The molecule has 1 fully saturated rings. The van der Waals surface area contributed by atoms with E-state index in [1.807, 2.05) is 19.1 Å². The predicted molar refractivity (Wildman–Crippen MR) is 125 cm³/mol. The van der Waals surface area contributed by atoms with E-state index in [0.29, 0.717) is 30.5 Å². The summed E-state index contributed by atoms with van der Waals surface area (Å²) >= 11 is 0.628. The number of rotatable bonds is 5. The zero-order chi connectivity index (χ0) is 25.5. The molecule has 0 aliphatic carbocycles. The van der Waals surface area contributed by atoms with Crippen molar-refractivity contribution >= 4 is 27.7 Å². The van der Waals surface area contributed by atoms with Gasteiger partial charge in [0.1, 0.15) is 22.6 Å². The SMILES string of the molecule is Cc1c(CN2CCC(N/C(N)=C3\C=C(CC(F)(F)F)SC3=N)C(F)(F)C2)ccc2[nH]c(C#N)cc12. The second kappa shape index (κ2) is 9.20. The number of hydrogen-bond donors (Lipinski definition) is 4. The molecule has 2 aliphatic rings. The average Bonchev–Trinajstić information content (AvgIpc) is 3.34. The lowest BCUT2D eigenvalue weighted by molar-refractivity contribution is -0.125. The normalized spacial score (nSPS) is 22.3. The smallest absolute Gasteiger partial charge is 0.385 e. The number of aromatic nitrogens is 1. The third kappa shape index (κ3) is 5.46. The summed E-state index contributed by atoms with van der Waals surface area (Å²) in [5.74, 6) is -3.38. The fraction of sp³-hybridized carbons (Fsp3) is 0.391. The number of alkyl halides is 5. The van der Waals surface area contributed by atoms with E-state index in [1.165, 1.54) is 0 Å². The lowest BCUT2D eigenvalue weighted by Crippen LogP contribution is -2.57. The van der Waals surface area contributed by atoms with Crippen LogP contribution in [0, 0.1) is 23.7 Å². The van der Waals surface area contributed by atoms with Gasteiger partial charge in [-0.25, -0.2) is 8.78 Å². The fourth-order valence-electron chi connectivity index (χ4n) is 4.38. The summed E-state index contributed by atoms with van der Waals surface area (Å²) < 4.78 is 68.0. The molecule has 0 bridgehead atoms. The minimum atomic E-state index is -4.43. The summed E-state index contributed by atoms with van der Waals surface area (Å²) in [6.07, 6.45) is -4.44. The molecule has 35 heavy (non-hydrogen) atoms. The van der Waals surface area contributed by atoms with Crippen molar-refractivity contribution in [1.82, 2.24) is 15.2 Å². The number of piperidine rings is 1. The van der Waals surface area contributed by atoms with Gasteiger partial charge in [0.15, 0.2) is 0 Å². The summed E-state index contributed by atoms with van der Waals surface area (Å²) in [7, 11) is 0. The van der Waals surface area contributed by atoms with Crippen LogP contribution in [0.1, 0.15) is 29.7 Å².